The first kappa shape index (κ1) is 32.2. The molecule has 1 aromatic heterocycles. The van der Waals surface area contributed by atoms with E-state index in [9.17, 15) is 10.5 Å². The van der Waals surface area contributed by atoms with Crippen molar-refractivity contribution in [3.63, 3.8) is 0 Å². The van der Waals surface area contributed by atoms with Gasteiger partial charge >= 0.3 is 0 Å². The van der Waals surface area contributed by atoms with Gasteiger partial charge in [-0.25, -0.2) is 0 Å². The molecule has 5 aromatic carbocycles. The first-order valence-corrected chi connectivity index (χ1v) is 19.9. The van der Waals surface area contributed by atoms with Gasteiger partial charge in [-0.3, -0.25) is 0 Å². The molecule has 0 saturated heterocycles. The van der Waals surface area contributed by atoms with E-state index in [2.05, 4.69) is 138 Å². The fraction of sp³-hybridized carbons (Fsp3) is 0.176. The smallest absolute Gasteiger partial charge is 0.130 e. The van der Waals surface area contributed by atoms with Gasteiger partial charge in [-0.1, -0.05) is 91.0 Å². The molecule has 6 heteroatoms. The largest absolute Gasteiger partial charge is 0.485 e. The van der Waals surface area contributed by atoms with Gasteiger partial charge in [0.05, 0.1) is 39.5 Å². The quantitative estimate of drug-likeness (QED) is 0.181. The summed E-state index contributed by atoms with van der Waals surface area (Å²) in [6.45, 7) is 2.25. The maximum absolute atomic E-state index is 10.9. The van der Waals surface area contributed by atoms with E-state index in [0.29, 0.717) is 11.1 Å². The fourth-order valence-electron chi connectivity index (χ4n) is 10.7. The molecule has 6 aliphatic rings. The number of rotatable bonds is 3. The Morgan fingerprint density at radius 3 is 2.42 bits per heavy atom. The zero-order valence-corrected chi connectivity index (χ0v) is 31.3. The maximum atomic E-state index is 10.9. The molecule has 0 saturated carbocycles. The van der Waals surface area contributed by atoms with Gasteiger partial charge in [0.2, 0.25) is 0 Å². The molecule has 5 unspecified atom stereocenters. The van der Waals surface area contributed by atoms with E-state index >= 15 is 0 Å². The summed E-state index contributed by atoms with van der Waals surface area (Å²) < 4.78 is 15.5. The first-order valence-electron chi connectivity index (χ1n) is 19.9. The zero-order valence-electron chi connectivity index (χ0n) is 31.3. The molecule has 272 valence electrons. The monoisotopic (exact) mass is 736 g/mol. The Morgan fingerprint density at radius 1 is 0.789 bits per heavy atom. The predicted octanol–water partition coefficient (Wildman–Crippen LogP) is 11.0. The minimum atomic E-state index is -0.312. The van der Waals surface area contributed by atoms with Crippen molar-refractivity contribution in [1.82, 2.24) is 4.57 Å². The van der Waals surface area contributed by atoms with Gasteiger partial charge in [0.1, 0.15) is 35.8 Å². The molecule has 4 heterocycles. The van der Waals surface area contributed by atoms with E-state index in [1.807, 2.05) is 30.3 Å². The van der Waals surface area contributed by atoms with Crippen LogP contribution < -0.4 is 14.4 Å². The summed E-state index contributed by atoms with van der Waals surface area (Å²) in [7, 11) is 0. The van der Waals surface area contributed by atoms with Gasteiger partial charge in [0, 0.05) is 50.5 Å². The minimum absolute atomic E-state index is 0.0213. The lowest BCUT2D eigenvalue weighted by Gasteiger charge is -2.35. The van der Waals surface area contributed by atoms with Crippen LogP contribution in [0.25, 0.3) is 39.4 Å². The fourth-order valence-corrected chi connectivity index (χ4v) is 10.7. The van der Waals surface area contributed by atoms with Crippen molar-refractivity contribution in [3.8, 4) is 40.5 Å². The second-order valence-corrected chi connectivity index (χ2v) is 16.2. The van der Waals surface area contributed by atoms with Crippen LogP contribution in [0, 0.1) is 22.7 Å². The number of allylic oxidation sites excluding steroid dienone is 3. The molecule has 3 aliphatic heterocycles. The lowest BCUT2D eigenvalue weighted by molar-refractivity contribution is 0.228. The summed E-state index contributed by atoms with van der Waals surface area (Å²) in [4.78, 5) is 2.40. The van der Waals surface area contributed by atoms with Gasteiger partial charge < -0.3 is 18.9 Å². The van der Waals surface area contributed by atoms with Gasteiger partial charge in [-0.05, 0) is 85.9 Å². The number of para-hydroxylation sites is 4. The van der Waals surface area contributed by atoms with E-state index in [0.717, 1.165) is 86.7 Å². The third kappa shape index (κ3) is 4.33. The Labute approximate surface area is 331 Å². The summed E-state index contributed by atoms with van der Waals surface area (Å²) in [5.74, 6) is 2.01. The van der Waals surface area contributed by atoms with Crippen LogP contribution >= 0.6 is 0 Å². The second-order valence-electron chi connectivity index (χ2n) is 16.2. The molecular formula is C51H36N4O2. The third-order valence-corrected chi connectivity index (χ3v) is 13.3. The van der Waals surface area contributed by atoms with Crippen LogP contribution in [0.5, 0.6) is 11.5 Å². The Balaban J connectivity index is 1.12. The van der Waals surface area contributed by atoms with Crippen LogP contribution in [-0.2, 0) is 11.8 Å². The average molecular weight is 737 g/mol. The van der Waals surface area contributed by atoms with Crippen molar-refractivity contribution in [3.05, 3.63) is 173 Å². The topological polar surface area (TPSA) is 74.2 Å². The molecule has 12 rings (SSSR count). The highest BCUT2D eigenvalue weighted by atomic mass is 16.5. The molecule has 0 fully saturated rings. The van der Waals surface area contributed by atoms with Crippen LogP contribution in [0.1, 0.15) is 64.8 Å². The SMILES string of the molecule is CC12C=CC=CC1Oc1cc3c4c(n(-c5c(C#N)cccc5-c5cccc(C#N)c5N5c6ccccc6C6CC7Oc8ccccc8C7=CC65)c3cc12)C=CCC4. The first-order chi connectivity index (χ1) is 28.1. The summed E-state index contributed by atoms with van der Waals surface area (Å²) in [6, 6.07) is 38.7. The maximum Gasteiger partial charge on any atom is 0.130 e. The number of aryl methyl sites for hydroxylation is 1. The average Bonchev–Trinajstić information content (AvgIpc) is 3.97. The molecule has 0 N–H and O–H groups in total. The van der Waals surface area contributed by atoms with E-state index in [1.165, 1.54) is 16.7 Å². The summed E-state index contributed by atoms with van der Waals surface area (Å²) in [5.41, 5.74) is 13.6. The van der Waals surface area contributed by atoms with Crippen molar-refractivity contribution >= 4 is 33.9 Å². The van der Waals surface area contributed by atoms with Crippen LogP contribution in [0.4, 0.5) is 11.4 Å². The molecule has 5 atom stereocenters. The highest BCUT2D eigenvalue weighted by Crippen LogP contribution is 2.57. The van der Waals surface area contributed by atoms with Crippen molar-refractivity contribution in [1.29, 1.82) is 10.5 Å². The van der Waals surface area contributed by atoms with E-state index in [-0.39, 0.29) is 29.6 Å². The van der Waals surface area contributed by atoms with Crippen LogP contribution in [0.2, 0.25) is 0 Å². The normalized spacial score (nSPS) is 23.8. The number of hydrogen-bond donors (Lipinski definition) is 0. The molecule has 6 aromatic rings. The molecule has 0 bridgehead atoms. The highest BCUT2D eigenvalue weighted by Gasteiger charge is 2.47. The summed E-state index contributed by atoms with van der Waals surface area (Å²) >= 11 is 0. The molecular weight excluding hydrogens is 701 g/mol. The van der Waals surface area contributed by atoms with Crippen LogP contribution in [0.3, 0.4) is 0 Å². The van der Waals surface area contributed by atoms with Gasteiger partial charge in [-0.2, -0.15) is 10.5 Å². The Morgan fingerprint density at radius 2 is 1.56 bits per heavy atom. The Hall–Kier alpha value is -7.02. The molecule has 0 spiro atoms. The predicted molar refractivity (Wildman–Crippen MR) is 224 cm³/mol. The number of aromatic nitrogens is 1. The number of nitriles is 2. The van der Waals surface area contributed by atoms with Gasteiger partial charge in [-0.15, -0.1) is 0 Å². The van der Waals surface area contributed by atoms with Crippen molar-refractivity contribution in [2.45, 2.75) is 55.8 Å². The number of anilines is 2. The summed E-state index contributed by atoms with van der Waals surface area (Å²) in [6.07, 6.45) is 18.0. The number of nitrogens with zero attached hydrogens (tertiary/aromatic N) is 4. The minimum Gasteiger partial charge on any atom is -0.485 e. The van der Waals surface area contributed by atoms with Gasteiger partial charge in [0.25, 0.3) is 0 Å². The van der Waals surface area contributed by atoms with Crippen LogP contribution in [0.15, 0.2) is 134 Å². The van der Waals surface area contributed by atoms with Crippen molar-refractivity contribution in [2.75, 3.05) is 4.90 Å². The number of fused-ring (bicyclic) bond motifs is 12. The number of hydrogen-bond acceptors (Lipinski definition) is 5. The standard InChI is InChI=1S/C51H36N4O2/c1-51-23-9-8-22-48(51)57-47-26-38-33-15-3-6-20-42(33)55(44(38)27-40(47)51)50-31(29-53)13-11-18-36(50)35-17-10-12-30(28-52)49(35)54-41-19-5-2-14-32(41)37-25-46-39(24-43(37)54)34-16-4-7-21-45(34)56-46/h2,4-14,16-24,26-27,37,43,46,48H,3,15,25H2,1H3. The molecule has 0 amide bonds. The Kier molecular flexibility index (Phi) is 6.64. The molecule has 0 radical (unpaired) electrons. The van der Waals surface area contributed by atoms with Crippen molar-refractivity contribution in [2.24, 2.45) is 0 Å². The van der Waals surface area contributed by atoms with Crippen molar-refractivity contribution < 1.29 is 9.47 Å². The third-order valence-electron chi connectivity index (χ3n) is 13.3. The summed E-state index contributed by atoms with van der Waals surface area (Å²) in [5, 5.41) is 23.0. The highest BCUT2D eigenvalue weighted by molar-refractivity contribution is 5.98. The zero-order chi connectivity index (χ0) is 38.0. The lowest BCUT2D eigenvalue weighted by Crippen LogP contribution is -2.35. The number of ether oxygens (including phenoxy) is 2. The lowest BCUT2D eigenvalue weighted by atomic mass is 9.76. The molecule has 6 nitrogen and oxygen atoms in total. The molecule has 3 aliphatic carbocycles. The van der Waals surface area contributed by atoms with Gasteiger partial charge in [0.15, 0.2) is 0 Å². The Bertz CT molecular complexity index is 2980. The van der Waals surface area contributed by atoms with E-state index in [4.69, 9.17) is 9.47 Å². The second kappa shape index (κ2) is 11.7. The molecule has 57 heavy (non-hydrogen) atoms. The van der Waals surface area contributed by atoms with E-state index < -0.39 is 0 Å². The van der Waals surface area contributed by atoms with E-state index in [1.54, 1.807) is 0 Å². The number of benzene rings is 5. The van der Waals surface area contributed by atoms with Crippen LogP contribution in [-0.4, -0.2) is 22.8 Å².